The largest absolute Gasteiger partial charge is 0.327 e. The summed E-state index contributed by atoms with van der Waals surface area (Å²) in [5.74, 6) is 0.522. The van der Waals surface area contributed by atoms with Gasteiger partial charge in [0, 0.05) is 12.6 Å². The highest BCUT2D eigenvalue weighted by Crippen LogP contribution is 2.10. The summed E-state index contributed by atoms with van der Waals surface area (Å²) in [7, 11) is 0. The Balaban J connectivity index is 2.35. The van der Waals surface area contributed by atoms with Crippen molar-refractivity contribution in [3.8, 4) is 0 Å². The Hall–Kier alpha value is -0.120. The summed E-state index contributed by atoms with van der Waals surface area (Å²) in [6.45, 7) is 2.99. The zero-order chi connectivity index (χ0) is 6.85. The van der Waals surface area contributed by atoms with Crippen molar-refractivity contribution in [2.45, 2.75) is 25.6 Å². The van der Waals surface area contributed by atoms with E-state index in [4.69, 9.17) is 11.5 Å². The van der Waals surface area contributed by atoms with Crippen LogP contribution in [0.3, 0.4) is 0 Å². The third-order valence-electron chi connectivity index (χ3n) is 1.90. The van der Waals surface area contributed by atoms with Crippen LogP contribution in [0.15, 0.2) is 0 Å². The van der Waals surface area contributed by atoms with Gasteiger partial charge in [-0.15, -0.1) is 0 Å². The van der Waals surface area contributed by atoms with Crippen LogP contribution in [0.1, 0.15) is 13.3 Å². The molecular weight excluding hydrogens is 114 g/mol. The molecule has 9 heavy (non-hydrogen) atoms. The Morgan fingerprint density at radius 3 is 2.56 bits per heavy atom. The molecular formula is C6H15N3. The topological polar surface area (TPSA) is 64.1 Å². The summed E-state index contributed by atoms with van der Waals surface area (Å²) in [6.07, 6.45) is 1.21. The lowest BCUT2D eigenvalue weighted by atomic mass is 9.95. The lowest BCUT2D eigenvalue weighted by Crippen LogP contribution is -2.54. The molecule has 54 valence electrons. The smallest absolute Gasteiger partial charge is 0.0573 e. The summed E-state index contributed by atoms with van der Waals surface area (Å²) < 4.78 is 0. The van der Waals surface area contributed by atoms with E-state index in [0.29, 0.717) is 12.0 Å². The fourth-order valence-corrected chi connectivity index (χ4v) is 1.20. The first-order valence-electron chi connectivity index (χ1n) is 3.44. The monoisotopic (exact) mass is 129 g/mol. The van der Waals surface area contributed by atoms with Crippen LogP contribution in [-0.2, 0) is 0 Å². The van der Waals surface area contributed by atoms with Gasteiger partial charge in [0.15, 0.2) is 0 Å². The highest BCUT2D eigenvalue weighted by molar-refractivity contribution is 4.80. The molecule has 0 aromatic rings. The number of nitrogens with one attached hydrogen (secondary N) is 1. The molecule has 3 heteroatoms. The molecule has 0 aromatic heterocycles. The number of nitrogens with two attached hydrogens (primary N) is 2. The Morgan fingerprint density at radius 1 is 1.44 bits per heavy atom. The van der Waals surface area contributed by atoms with E-state index in [1.54, 1.807) is 0 Å². The fourth-order valence-electron chi connectivity index (χ4n) is 1.20. The Morgan fingerprint density at radius 2 is 2.11 bits per heavy atom. The molecule has 1 saturated heterocycles. The molecule has 0 aliphatic carbocycles. The minimum Gasteiger partial charge on any atom is -0.327 e. The average Bonchev–Trinajstić information content (AvgIpc) is 1.80. The molecule has 0 bridgehead atoms. The van der Waals surface area contributed by atoms with Crippen LogP contribution >= 0.6 is 0 Å². The van der Waals surface area contributed by atoms with Crippen LogP contribution in [0.25, 0.3) is 0 Å². The van der Waals surface area contributed by atoms with Crippen molar-refractivity contribution in [2.75, 3.05) is 6.54 Å². The molecule has 1 aliphatic rings. The summed E-state index contributed by atoms with van der Waals surface area (Å²) in [6, 6.07) is 0.305. The minimum absolute atomic E-state index is 0.157. The van der Waals surface area contributed by atoms with Gasteiger partial charge in [0.25, 0.3) is 0 Å². The van der Waals surface area contributed by atoms with E-state index in [1.165, 1.54) is 0 Å². The molecule has 0 amide bonds. The highest BCUT2D eigenvalue weighted by Gasteiger charge is 2.21. The molecule has 0 spiro atoms. The first-order chi connectivity index (χ1) is 4.20. The molecule has 1 rings (SSSR count). The van der Waals surface area contributed by atoms with Crippen LogP contribution in [0.4, 0.5) is 0 Å². The first kappa shape index (κ1) is 6.99. The lowest BCUT2D eigenvalue weighted by molar-refractivity contribution is 0.280. The van der Waals surface area contributed by atoms with Crippen molar-refractivity contribution in [3.05, 3.63) is 0 Å². The molecule has 0 aromatic carbocycles. The van der Waals surface area contributed by atoms with Crippen molar-refractivity contribution < 1.29 is 0 Å². The Bertz CT molecular complexity index is 94.3. The minimum atomic E-state index is 0.157. The molecule has 0 saturated carbocycles. The number of hydrogen-bond acceptors (Lipinski definition) is 3. The van der Waals surface area contributed by atoms with Crippen molar-refractivity contribution in [2.24, 2.45) is 17.4 Å². The van der Waals surface area contributed by atoms with Gasteiger partial charge in [0.05, 0.1) is 6.17 Å². The second-order valence-corrected chi connectivity index (χ2v) is 2.91. The van der Waals surface area contributed by atoms with E-state index < -0.39 is 0 Å². The van der Waals surface area contributed by atoms with Gasteiger partial charge in [-0.2, -0.15) is 0 Å². The van der Waals surface area contributed by atoms with Crippen molar-refractivity contribution in [3.63, 3.8) is 0 Å². The SMILES string of the molecule is CC1CC(N)CNC1N. The van der Waals surface area contributed by atoms with Crippen molar-refractivity contribution in [1.29, 1.82) is 0 Å². The second kappa shape index (κ2) is 2.64. The van der Waals surface area contributed by atoms with Gasteiger partial charge in [-0.1, -0.05) is 6.92 Å². The van der Waals surface area contributed by atoms with Crippen LogP contribution in [0, 0.1) is 5.92 Å². The fraction of sp³-hybridized carbons (Fsp3) is 1.00. The predicted octanol–water partition coefficient (Wildman–Crippen LogP) is -0.772. The average molecular weight is 129 g/mol. The normalized spacial score (nSPS) is 45.0. The molecule has 5 N–H and O–H groups in total. The zero-order valence-corrected chi connectivity index (χ0v) is 5.80. The summed E-state index contributed by atoms with van der Waals surface area (Å²) in [5.41, 5.74) is 11.3. The lowest BCUT2D eigenvalue weighted by Gasteiger charge is -2.30. The number of hydrogen-bond donors (Lipinski definition) is 3. The molecule has 1 aliphatic heterocycles. The Labute approximate surface area is 55.8 Å². The van der Waals surface area contributed by atoms with E-state index in [0.717, 1.165) is 13.0 Å². The highest BCUT2D eigenvalue weighted by atomic mass is 15.1. The van der Waals surface area contributed by atoms with E-state index in [1.807, 2.05) is 0 Å². The van der Waals surface area contributed by atoms with Gasteiger partial charge in [-0.3, -0.25) is 0 Å². The van der Waals surface area contributed by atoms with E-state index in [-0.39, 0.29) is 6.17 Å². The third kappa shape index (κ3) is 1.64. The van der Waals surface area contributed by atoms with E-state index in [9.17, 15) is 0 Å². The maximum absolute atomic E-state index is 5.67. The van der Waals surface area contributed by atoms with Crippen LogP contribution in [0.2, 0.25) is 0 Å². The molecule has 1 fully saturated rings. The maximum Gasteiger partial charge on any atom is 0.0573 e. The van der Waals surface area contributed by atoms with E-state index in [2.05, 4.69) is 12.2 Å². The van der Waals surface area contributed by atoms with Crippen molar-refractivity contribution >= 4 is 0 Å². The van der Waals surface area contributed by atoms with Gasteiger partial charge in [-0.05, 0) is 12.3 Å². The zero-order valence-electron chi connectivity index (χ0n) is 5.80. The molecule has 0 radical (unpaired) electrons. The first-order valence-corrected chi connectivity index (χ1v) is 3.44. The summed E-state index contributed by atoms with van der Waals surface area (Å²) in [5, 5.41) is 3.13. The molecule has 3 atom stereocenters. The van der Waals surface area contributed by atoms with Crippen LogP contribution in [-0.4, -0.2) is 18.8 Å². The van der Waals surface area contributed by atoms with E-state index >= 15 is 0 Å². The third-order valence-corrected chi connectivity index (χ3v) is 1.90. The maximum atomic E-state index is 5.67. The van der Waals surface area contributed by atoms with Crippen LogP contribution < -0.4 is 16.8 Å². The summed E-state index contributed by atoms with van der Waals surface area (Å²) >= 11 is 0. The van der Waals surface area contributed by atoms with Gasteiger partial charge >= 0.3 is 0 Å². The predicted molar refractivity (Wildman–Crippen MR) is 37.7 cm³/mol. The van der Waals surface area contributed by atoms with Gasteiger partial charge < -0.3 is 16.8 Å². The van der Waals surface area contributed by atoms with Gasteiger partial charge in [-0.25, -0.2) is 0 Å². The standard InChI is InChI=1S/C6H15N3/c1-4-2-5(7)3-9-6(4)8/h4-6,9H,2-3,7-8H2,1H3. The summed E-state index contributed by atoms with van der Waals surface area (Å²) in [4.78, 5) is 0. The van der Waals surface area contributed by atoms with Crippen molar-refractivity contribution in [1.82, 2.24) is 5.32 Å². The number of rotatable bonds is 0. The quantitative estimate of drug-likeness (QED) is 0.402. The second-order valence-electron chi connectivity index (χ2n) is 2.91. The van der Waals surface area contributed by atoms with Gasteiger partial charge in [0.1, 0.15) is 0 Å². The molecule has 1 heterocycles. The Kier molecular flexibility index (Phi) is 2.05. The van der Waals surface area contributed by atoms with Gasteiger partial charge in [0.2, 0.25) is 0 Å². The van der Waals surface area contributed by atoms with Crippen LogP contribution in [0.5, 0.6) is 0 Å². The molecule has 3 unspecified atom stereocenters. The molecule has 3 nitrogen and oxygen atoms in total. The number of piperidine rings is 1.